The quantitative estimate of drug-likeness (QED) is 0.606. The lowest BCUT2D eigenvalue weighted by Gasteiger charge is -2.04. The van der Waals surface area contributed by atoms with E-state index in [1.165, 1.54) is 6.92 Å². The number of H-pyrrole nitrogens is 1. The van der Waals surface area contributed by atoms with Crippen LogP contribution in [0, 0.1) is 0 Å². The number of carbonyl (C=O) groups excluding carboxylic acids is 1. The van der Waals surface area contributed by atoms with Crippen molar-refractivity contribution in [2.75, 3.05) is 5.75 Å². The lowest BCUT2D eigenvalue weighted by atomic mass is 10.2. The van der Waals surface area contributed by atoms with Gasteiger partial charge in [0.25, 0.3) is 5.56 Å². The summed E-state index contributed by atoms with van der Waals surface area (Å²) in [6.45, 7) is 0.771. The maximum Gasteiger partial charge on any atom is 0.328 e. The van der Waals surface area contributed by atoms with E-state index in [0.717, 1.165) is 6.20 Å². The summed E-state index contributed by atoms with van der Waals surface area (Å²) in [6, 6.07) is 0. The van der Waals surface area contributed by atoms with Gasteiger partial charge < -0.3 is 4.98 Å². The van der Waals surface area contributed by atoms with Crippen molar-refractivity contribution in [3.8, 4) is 0 Å². The Labute approximate surface area is 96.1 Å². The number of rotatable bonds is 4. The average Bonchev–Trinajstić information content (AvgIpc) is 2.14. The van der Waals surface area contributed by atoms with Crippen molar-refractivity contribution in [3.63, 3.8) is 0 Å². The summed E-state index contributed by atoms with van der Waals surface area (Å²) in [4.78, 5) is 36.2. The molecule has 0 aliphatic carbocycles. The minimum Gasteiger partial charge on any atom is -0.313 e. The second-order valence-electron chi connectivity index (χ2n) is 3.39. The Morgan fingerprint density at radius 3 is 2.53 bits per heavy atom. The first-order chi connectivity index (χ1) is 7.72. The molecule has 8 nitrogen and oxygen atoms in total. The minimum absolute atomic E-state index is 0.209. The molecule has 9 heteroatoms. The van der Waals surface area contributed by atoms with Crippen LogP contribution in [0.3, 0.4) is 0 Å². The lowest BCUT2D eigenvalue weighted by Crippen LogP contribution is -2.39. The van der Waals surface area contributed by atoms with E-state index in [4.69, 9.17) is 5.14 Å². The number of aromatic nitrogens is 2. The molecule has 94 valence electrons. The molecule has 0 unspecified atom stereocenters. The van der Waals surface area contributed by atoms with Gasteiger partial charge in [-0.25, -0.2) is 18.4 Å². The third kappa shape index (κ3) is 3.36. The van der Waals surface area contributed by atoms with Gasteiger partial charge in [-0.1, -0.05) is 0 Å². The van der Waals surface area contributed by atoms with Crippen LogP contribution < -0.4 is 16.4 Å². The number of ketones is 1. The van der Waals surface area contributed by atoms with E-state index < -0.39 is 39.4 Å². The third-order valence-electron chi connectivity index (χ3n) is 2.04. The van der Waals surface area contributed by atoms with Crippen molar-refractivity contribution in [2.45, 2.75) is 13.5 Å². The van der Waals surface area contributed by atoms with Gasteiger partial charge in [0, 0.05) is 12.7 Å². The fourth-order valence-electron chi connectivity index (χ4n) is 1.19. The molecule has 1 aromatic heterocycles. The van der Waals surface area contributed by atoms with E-state index in [2.05, 4.69) is 4.98 Å². The summed E-state index contributed by atoms with van der Waals surface area (Å²) in [5.74, 6) is -1.08. The molecular weight excluding hydrogens is 250 g/mol. The first kappa shape index (κ1) is 13.3. The zero-order valence-electron chi connectivity index (χ0n) is 8.97. The number of primary sulfonamides is 1. The second kappa shape index (κ2) is 4.63. The Bertz CT molecular complexity index is 654. The summed E-state index contributed by atoms with van der Waals surface area (Å²) in [6.07, 6.45) is 1.00. The molecule has 1 aromatic rings. The van der Waals surface area contributed by atoms with Crippen LogP contribution >= 0.6 is 0 Å². The molecule has 3 N–H and O–H groups in total. The van der Waals surface area contributed by atoms with E-state index in [9.17, 15) is 22.8 Å². The molecule has 0 amide bonds. The van der Waals surface area contributed by atoms with E-state index in [0.29, 0.717) is 4.57 Å². The SMILES string of the molecule is CC(=O)c1c[nH]c(=O)n(CCS(N)(=O)=O)c1=O. The number of nitrogens with zero attached hydrogens (tertiary/aromatic N) is 1. The van der Waals surface area contributed by atoms with Crippen molar-refractivity contribution in [2.24, 2.45) is 5.14 Å². The summed E-state index contributed by atoms with van der Waals surface area (Å²) in [7, 11) is -3.79. The van der Waals surface area contributed by atoms with Crippen molar-refractivity contribution in [3.05, 3.63) is 32.6 Å². The van der Waals surface area contributed by atoms with Gasteiger partial charge in [0.15, 0.2) is 5.78 Å². The van der Waals surface area contributed by atoms with Crippen molar-refractivity contribution < 1.29 is 13.2 Å². The van der Waals surface area contributed by atoms with Crippen LogP contribution in [0.4, 0.5) is 0 Å². The molecule has 0 radical (unpaired) electrons. The van der Waals surface area contributed by atoms with E-state index >= 15 is 0 Å². The van der Waals surface area contributed by atoms with Crippen LogP contribution in [0.25, 0.3) is 0 Å². The standard InChI is InChI=1S/C8H11N3O5S/c1-5(12)6-4-10-8(14)11(7(6)13)2-3-17(9,15)16/h4H,2-3H2,1H3,(H,10,14)(H2,9,15,16). The van der Waals surface area contributed by atoms with Gasteiger partial charge in [-0.2, -0.15) is 0 Å². The summed E-state index contributed by atoms with van der Waals surface area (Å²) < 4.78 is 22.1. The molecule has 0 aliphatic rings. The molecule has 1 heterocycles. The molecule has 0 saturated carbocycles. The molecular formula is C8H11N3O5S. The molecule has 1 rings (SSSR count). The predicted octanol–water partition coefficient (Wildman–Crippen LogP) is -1.97. The topological polar surface area (TPSA) is 132 Å². The lowest BCUT2D eigenvalue weighted by molar-refractivity contribution is 0.101. The number of nitrogens with one attached hydrogen (secondary N) is 1. The van der Waals surface area contributed by atoms with Gasteiger partial charge >= 0.3 is 5.69 Å². The molecule has 0 fully saturated rings. The number of hydrogen-bond donors (Lipinski definition) is 2. The van der Waals surface area contributed by atoms with E-state index in [-0.39, 0.29) is 5.56 Å². The second-order valence-corrected chi connectivity index (χ2v) is 5.12. The summed E-state index contributed by atoms with van der Waals surface area (Å²) in [5.41, 5.74) is -1.83. The fourth-order valence-corrected chi connectivity index (χ4v) is 1.62. The van der Waals surface area contributed by atoms with Gasteiger partial charge in [0.05, 0.1) is 11.3 Å². The molecule has 0 saturated heterocycles. The van der Waals surface area contributed by atoms with Gasteiger partial charge in [-0.15, -0.1) is 0 Å². The molecule has 0 aliphatic heterocycles. The largest absolute Gasteiger partial charge is 0.328 e. The zero-order chi connectivity index (χ0) is 13.2. The Hall–Kier alpha value is -1.74. The van der Waals surface area contributed by atoms with E-state index in [1.807, 2.05) is 0 Å². The van der Waals surface area contributed by atoms with Crippen LogP contribution in [0.5, 0.6) is 0 Å². The highest BCUT2D eigenvalue weighted by atomic mass is 32.2. The van der Waals surface area contributed by atoms with Crippen LogP contribution in [0.1, 0.15) is 17.3 Å². The smallest absolute Gasteiger partial charge is 0.313 e. The molecule has 0 spiro atoms. The van der Waals surface area contributed by atoms with Crippen LogP contribution in [0.2, 0.25) is 0 Å². The molecule has 0 bridgehead atoms. The average molecular weight is 261 g/mol. The van der Waals surface area contributed by atoms with Crippen molar-refractivity contribution >= 4 is 15.8 Å². The highest BCUT2D eigenvalue weighted by Gasteiger charge is 2.12. The third-order valence-corrected chi connectivity index (χ3v) is 2.79. The van der Waals surface area contributed by atoms with Crippen LogP contribution in [-0.2, 0) is 16.6 Å². The summed E-state index contributed by atoms with van der Waals surface area (Å²) in [5, 5.41) is 4.76. The number of nitrogens with two attached hydrogens (primary N) is 1. The number of hydrogen-bond acceptors (Lipinski definition) is 5. The first-order valence-electron chi connectivity index (χ1n) is 4.56. The number of carbonyl (C=O) groups is 1. The summed E-state index contributed by atoms with van der Waals surface area (Å²) >= 11 is 0. The Morgan fingerprint density at radius 1 is 1.47 bits per heavy atom. The van der Waals surface area contributed by atoms with Gasteiger partial charge in [-0.05, 0) is 6.92 Å². The van der Waals surface area contributed by atoms with Crippen LogP contribution in [0.15, 0.2) is 15.8 Å². The maximum atomic E-state index is 11.6. The van der Waals surface area contributed by atoms with Gasteiger partial charge in [0.1, 0.15) is 0 Å². The Morgan fingerprint density at radius 2 is 2.06 bits per heavy atom. The zero-order valence-corrected chi connectivity index (χ0v) is 9.78. The normalized spacial score (nSPS) is 11.4. The van der Waals surface area contributed by atoms with Crippen molar-refractivity contribution in [1.82, 2.24) is 9.55 Å². The van der Waals surface area contributed by atoms with Crippen molar-refractivity contribution in [1.29, 1.82) is 0 Å². The minimum atomic E-state index is -3.79. The molecule has 0 aromatic carbocycles. The molecule has 17 heavy (non-hydrogen) atoms. The van der Waals surface area contributed by atoms with Gasteiger partial charge in [0.2, 0.25) is 10.0 Å². The highest BCUT2D eigenvalue weighted by molar-refractivity contribution is 7.89. The predicted molar refractivity (Wildman–Crippen MR) is 59.3 cm³/mol. The number of sulfonamides is 1. The highest BCUT2D eigenvalue weighted by Crippen LogP contribution is 1.88. The number of Topliss-reactive ketones (excluding diaryl/α,β-unsaturated/α-hetero) is 1. The maximum absolute atomic E-state index is 11.6. The van der Waals surface area contributed by atoms with Gasteiger partial charge in [-0.3, -0.25) is 14.2 Å². The van der Waals surface area contributed by atoms with Crippen LogP contribution in [-0.4, -0.2) is 29.5 Å². The number of aromatic amines is 1. The Balaban J connectivity index is 3.25. The fraction of sp³-hybridized carbons (Fsp3) is 0.375. The monoisotopic (exact) mass is 261 g/mol. The van der Waals surface area contributed by atoms with E-state index in [1.54, 1.807) is 0 Å². The molecule has 0 atom stereocenters. The first-order valence-corrected chi connectivity index (χ1v) is 6.28. The Kier molecular flexibility index (Phi) is 3.63.